The number of nitrogens with zero attached hydrogens (tertiary/aromatic N) is 2. The minimum absolute atomic E-state index is 0.0452. The van der Waals surface area contributed by atoms with Crippen molar-refractivity contribution in [3.05, 3.63) is 33.9 Å². The molecule has 0 heterocycles. The van der Waals surface area contributed by atoms with E-state index < -0.39 is 14.9 Å². The van der Waals surface area contributed by atoms with Crippen LogP contribution in [0.3, 0.4) is 0 Å². The molecule has 8 heteroatoms. The summed E-state index contributed by atoms with van der Waals surface area (Å²) in [6.07, 6.45) is 1.82. The smallest absolute Gasteiger partial charge is 0.271 e. The quantitative estimate of drug-likeness (QED) is 0.450. The number of hydrogen-bond donors (Lipinski definition) is 1. The highest BCUT2D eigenvalue weighted by atomic mass is 32.2. The summed E-state index contributed by atoms with van der Waals surface area (Å²) in [5, 5.41) is 13.9. The molecular weight excluding hydrogens is 294 g/mol. The standard InChI is InChI=1S/C13H21N3O4S/c1-4-15(21(3,19)20)7-5-6-14-12-8-11(2)9-13(10-12)16(17)18/h8-10,14H,4-7H2,1-3H3. The largest absolute Gasteiger partial charge is 0.385 e. The molecule has 1 rings (SSSR count). The molecule has 21 heavy (non-hydrogen) atoms. The van der Waals surface area contributed by atoms with Crippen LogP contribution >= 0.6 is 0 Å². The lowest BCUT2D eigenvalue weighted by molar-refractivity contribution is -0.384. The van der Waals surface area contributed by atoms with E-state index in [1.165, 1.54) is 22.7 Å². The van der Waals surface area contributed by atoms with Crippen LogP contribution in [0.15, 0.2) is 18.2 Å². The molecule has 0 aliphatic rings. The van der Waals surface area contributed by atoms with Gasteiger partial charge < -0.3 is 5.32 Å². The van der Waals surface area contributed by atoms with Crippen molar-refractivity contribution in [3.8, 4) is 0 Å². The van der Waals surface area contributed by atoms with Crippen molar-refractivity contribution in [2.75, 3.05) is 31.2 Å². The second kappa shape index (κ2) is 7.37. The third-order valence-electron chi connectivity index (χ3n) is 3.01. The minimum atomic E-state index is -3.17. The molecule has 1 aromatic rings. The lowest BCUT2D eigenvalue weighted by Gasteiger charge is -2.17. The van der Waals surface area contributed by atoms with Crippen molar-refractivity contribution in [2.45, 2.75) is 20.3 Å². The number of anilines is 1. The molecule has 1 aromatic carbocycles. The summed E-state index contributed by atoms with van der Waals surface area (Å²) in [6, 6.07) is 4.80. The molecule has 0 aliphatic heterocycles. The van der Waals surface area contributed by atoms with Crippen LogP contribution in [0, 0.1) is 17.0 Å². The van der Waals surface area contributed by atoms with Gasteiger partial charge in [0.1, 0.15) is 0 Å². The number of hydrogen-bond acceptors (Lipinski definition) is 5. The van der Waals surface area contributed by atoms with E-state index in [0.29, 0.717) is 31.7 Å². The van der Waals surface area contributed by atoms with Crippen molar-refractivity contribution in [3.63, 3.8) is 0 Å². The van der Waals surface area contributed by atoms with Gasteiger partial charge in [-0.15, -0.1) is 0 Å². The summed E-state index contributed by atoms with van der Waals surface area (Å²) in [5.41, 5.74) is 1.52. The highest BCUT2D eigenvalue weighted by molar-refractivity contribution is 7.88. The molecule has 0 aliphatic carbocycles. The van der Waals surface area contributed by atoms with Crippen molar-refractivity contribution < 1.29 is 13.3 Å². The van der Waals surface area contributed by atoms with Crippen molar-refractivity contribution in [2.24, 2.45) is 0 Å². The molecular formula is C13H21N3O4S. The van der Waals surface area contributed by atoms with E-state index in [4.69, 9.17) is 0 Å². The van der Waals surface area contributed by atoms with E-state index in [1.54, 1.807) is 13.8 Å². The molecule has 0 bridgehead atoms. The first-order valence-electron chi connectivity index (χ1n) is 6.69. The monoisotopic (exact) mass is 315 g/mol. The molecule has 0 fully saturated rings. The maximum Gasteiger partial charge on any atom is 0.271 e. The number of rotatable bonds is 8. The van der Waals surface area contributed by atoms with Crippen LogP contribution < -0.4 is 5.32 Å². The Morgan fingerprint density at radius 1 is 1.33 bits per heavy atom. The Balaban J connectivity index is 2.55. The maximum atomic E-state index is 11.4. The van der Waals surface area contributed by atoms with Crippen LogP contribution in [0.1, 0.15) is 18.9 Å². The van der Waals surface area contributed by atoms with Gasteiger partial charge >= 0.3 is 0 Å². The van der Waals surface area contributed by atoms with Crippen molar-refractivity contribution in [1.29, 1.82) is 0 Å². The lowest BCUT2D eigenvalue weighted by Crippen LogP contribution is -2.31. The Kier molecular flexibility index (Phi) is 6.10. The Labute approximate surface area is 125 Å². The van der Waals surface area contributed by atoms with Gasteiger partial charge in [-0.1, -0.05) is 6.92 Å². The third kappa shape index (κ3) is 5.68. The summed E-state index contributed by atoms with van der Waals surface area (Å²) in [5.74, 6) is 0. The number of aryl methyl sites for hydroxylation is 1. The summed E-state index contributed by atoms with van der Waals surface area (Å²) in [7, 11) is -3.17. The SMILES string of the molecule is CCN(CCCNc1cc(C)cc([N+](=O)[O-])c1)S(C)(=O)=O. The van der Waals surface area contributed by atoms with Crippen LogP contribution in [0.25, 0.3) is 0 Å². The average Bonchev–Trinajstić information content (AvgIpc) is 2.36. The van der Waals surface area contributed by atoms with E-state index in [2.05, 4.69) is 5.32 Å². The van der Waals surface area contributed by atoms with Gasteiger partial charge in [-0.3, -0.25) is 10.1 Å². The summed E-state index contributed by atoms with van der Waals surface area (Å²) in [4.78, 5) is 10.3. The molecule has 0 saturated carbocycles. The first-order valence-corrected chi connectivity index (χ1v) is 8.54. The maximum absolute atomic E-state index is 11.4. The van der Waals surface area contributed by atoms with Gasteiger partial charge in [0.05, 0.1) is 11.2 Å². The average molecular weight is 315 g/mol. The number of nitro benzene ring substituents is 1. The molecule has 7 nitrogen and oxygen atoms in total. The highest BCUT2D eigenvalue weighted by Gasteiger charge is 2.13. The van der Waals surface area contributed by atoms with Gasteiger partial charge in [0.2, 0.25) is 10.0 Å². The second-order valence-corrected chi connectivity index (χ2v) is 6.83. The van der Waals surface area contributed by atoms with Gasteiger partial charge in [0.25, 0.3) is 5.69 Å². The number of non-ortho nitro benzene ring substituents is 1. The van der Waals surface area contributed by atoms with Crippen LogP contribution in [0.2, 0.25) is 0 Å². The molecule has 0 spiro atoms. The zero-order chi connectivity index (χ0) is 16.0. The Bertz CT molecular complexity index is 601. The van der Waals surface area contributed by atoms with E-state index in [0.717, 1.165) is 5.56 Å². The first-order chi connectivity index (χ1) is 9.74. The van der Waals surface area contributed by atoms with Gasteiger partial charge in [-0.05, 0) is 25.0 Å². The van der Waals surface area contributed by atoms with Crippen molar-refractivity contribution in [1.82, 2.24) is 4.31 Å². The molecule has 0 radical (unpaired) electrons. The van der Waals surface area contributed by atoms with E-state index in [9.17, 15) is 18.5 Å². The van der Waals surface area contributed by atoms with Crippen LogP contribution in [0.4, 0.5) is 11.4 Å². The number of sulfonamides is 1. The van der Waals surface area contributed by atoms with Crippen LogP contribution in [0.5, 0.6) is 0 Å². The van der Waals surface area contributed by atoms with E-state index in [1.807, 2.05) is 6.07 Å². The van der Waals surface area contributed by atoms with Crippen molar-refractivity contribution >= 4 is 21.4 Å². The van der Waals surface area contributed by atoms with Gasteiger partial charge in [-0.2, -0.15) is 0 Å². The zero-order valence-electron chi connectivity index (χ0n) is 12.5. The normalized spacial score (nSPS) is 11.6. The predicted octanol–water partition coefficient (Wildman–Crippen LogP) is 1.99. The number of nitro groups is 1. The molecule has 118 valence electrons. The summed E-state index contributed by atoms with van der Waals surface area (Å²) >= 11 is 0. The molecule has 0 amide bonds. The summed E-state index contributed by atoms with van der Waals surface area (Å²) < 4.78 is 24.2. The Hall–Kier alpha value is -1.67. The fourth-order valence-corrected chi connectivity index (χ4v) is 2.95. The number of benzene rings is 1. The van der Waals surface area contributed by atoms with E-state index in [-0.39, 0.29) is 5.69 Å². The van der Waals surface area contributed by atoms with Gasteiger partial charge in [0, 0.05) is 37.5 Å². The lowest BCUT2D eigenvalue weighted by atomic mass is 10.2. The van der Waals surface area contributed by atoms with Crippen LogP contribution in [-0.4, -0.2) is 43.5 Å². The predicted molar refractivity (Wildman–Crippen MR) is 83.0 cm³/mol. The molecule has 0 unspecified atom stereocenters. The molecule has 1 N–H and O–H groups in total. The fraction of sp³-hybridized carbons (Fsp3) is 0.538. The van der Waals surface area contributed by atoms with Gasteiger partial charge in [0.15, 0.2) is 0 Å². The van der Waals surface area contributed by atoms with Gasteiger partial charge in [-0.25, -0.2) is 12.7 Å². The highest BCUT2D eigenvalue weighted by Crippen LogP contribution is 2.20. The minimum Gasteiger partial charge on any atom is -0.385 e. The van der Waals surface area contributed by atoms with E-state index >= 15 is 0 Å². The second-order valence-electron chi connectivity index (χ2n) is 4.85. The Morgan fingerprint density at radius 2 is 2.00 bits per heavy atom. The van der Waals surface area contributed by atoms with Crippen LogP contribution in [-0.2, 0) is 10.0 Å². The zero-order valence-corrected chi connectivity index (χ0v) is 13.3. The number of nitrogens with one attached hydrogen (secondary N) is 1. The third-order valence-corrected chi connectivity index (χ3v) is 4.39. The first kappa shape index (κ1) is 17.4. The molecule has 0 saturated heterocycles. The molecule has 0 aromatic heterocycles. The molecule has 0 atom stereocenters. The topological polar surface area (TPSA) is 92.5 Å². The Morgan fingerprint density at radius 3 is 2.52 bits per heavy atom. The summed E-state index contributed by atoms with van der Waals surface area (Å²) in [6.45, 7) is 5.00. The fourth-order valence-electron chi connectivity index (χ4n) is 2.02.